The molecule has 0 rings (SSSR count). The van der Waals surface area contributed by atoms with Crippen LogP contribution in [0.15, 0.2) is 0 Å². The smallest absolute Gasteiger partial charge is 0.291 e. The molecule has 0 spiro atoms. The minimum atomic E-state index is -1.02. The van der Waals surface area contributed by atoms with Gasteiger partial charge in [0.2, 0.25) is 6.23 Å². The number of quaternary nitrogens is 1. The summed E-state index contributed by atoms with van der Waals surface area (Å²) in [6, 6.07) is 0. The fourth-order valence-electron chi connectivity index (χ4n) is 4.51. The molecule has 0 aliphatic rings. The van der Waals surface area contributed by atoms with Crippen molar-refractivity contribution in [2.45, 2.75) is 138 Å². The average molecular weight is 490 g/mol. The Bertz CT molecular complexity index is 382. The molecular formula is C28H64BNO4. The van der Waals surface area contributed by atoms with Crippen LogP contribution in [0.2, 0.25) is 0 Å². The van der Waals surface area contributed by atoms with E-state index >= 15 is 0 Å². The maximum Gasteiger partial charge on any atom is 0.291 e. The summed E-state index contributed by atoms with van der Waals surface area (Å²) >= 11 is 0. The third kappa shape index (κ3) is 14.4. The molecule has 0 bridgehead atoms. The lowest BCUT2D eigenvalue weighted by Crippen LogP contribution is -2.61. The van der Waals surface area contributed by atoms with Gasteiger partial charge in [0.05, 0.1) is 46.1 Å². The van der Waals surface area contributed by atoms with Crippen LogP contribution in [0.25, 0.3) is 0 Å². The maximum absolute atomic E-state index is 6.71. The van der Waals surface area contributed by atoms with Crippen molar-refractivity contribution in [1.29, 1.82) is 0 Å². The topological polar surface area (TPSA) is 36.9 Å². The predicted octanol–water partition coefficient (Wildman–Crippen LogP) is 6.22. The standard InChI is InChI=1S/C28H60NO4.BH4/c1-8-15-22-30-27(29(19-12-5,20-13-6)21-14-7)26-28(31-23-16-9-2,32-24-17-10-3)33-25-18-11-4;/h27H,8-26H2,1-7H3;1H4/q+1;-1. The van der Waals surface area contributed by atoms with Crippen molar-refractivity contribution in [3.05, 3.63) is 0 Å². The van der Waals surface area contributed by atoms with Crippen molar-refractivity contribution in [2.24, 2.45) is 0 Å². The van der Waals surface area contributed by atoms with Crippen LogP contribution in [0.5, 0.6) is 0 Å². The normalized spacial score (nSPS) is 13.1. The van der Waals surface area contributed by atoms with E-state index in [1.807, 2.05) is 0 Å². The molecule has 34 heavy (non-hydrogen) atoms. The lowest BCUT2D eigenvalue weighted by atomic mass is 10.1. The van der Waals surface area contributed by atoms with Crippen molar-refractivity contribution >= 4 is 8.41 Å². The molecule has 0 aromatic heterocycles. The van der Waals surface area contributed by atoms with Gasteiger partial charge in [-0.1, -0.05) is 82.6 Å². The Kier molecular flexibility index (Phi) is 24.7. The van der Waals surface area contributed by atoms with Gasteiger partial charge in [0.25, 0.3) is 5.97 Å². The van der Waals surface area contributed by atoms with Crippen LogP contribution < -0.4 is 0 Å². The van der Waals surface area contributed by atoms with Gasteiger partial charge in [-0.3, -0.25) is 4.48 Å². The van der Waals surface area contributed by atoms with E-state index in [1.54, 1.807) is 0 Å². The number of ether oxygens (including phenoxy) is 4. The third-order valence-electron chi connectivity index (χ3n) is 6.31. The van der Waals surface area contributed by atoms with E-state index in [1.165, 1.54) is 0 Å². The number of rotatable bonds is 25. The summed E-state index contributed by atoms with van der Waals surface area (Å²) in [6.45, 7) is 21.8. The van der Waals surface area contributed by atoms with Crippen molar-refractivity contribution in [1.82, 2.24) is 0 Å². The van der Waals surface area contributed by atoms with E-state index in [2.05, 4.69) is 48.5 Å². The minimum Gasteiger partial charge on any atom is -0.329 e. The minimum absolute atomic E-state index is 0. The Morgan fingerprint density at radius 1 is 0.529 bits per heavy atom. The second-order valence-corrected chi connectivity index (χ2v) is 9.56. The van der Waals surface area contributed by atoms with Gasteiger partial charge in [0.1, 0.15) is 6.42 Å². The highest BCUT2D eigenvalue weighted by Crippen LogP contribution is 2.31. The molecule has 0 aromatic carbocycles. The first-order chi connectivity index (χ1) is 16.0. The first-order valence-electron chi connectivity index (χ1n) is 14.4. The lowest BCUT2D eigenvalue weighted by molar-refractivity contribution is -0.974. The van der Waals surface area contributed by atoms with E-state index < -0.39 is 5.97 Å². The number of hydrogen-bond acceptors (Lipinski definition) is 4. The van der Waals surface area contributed by atoms with E-state index in [0.29, 0.717) is 26.2 Å². The van der Waals surface area contributed by atoms with Crippen molar-refractivity contribution in [3.63, 3.8) is 0 Å². The zero-order chi connectivity index (χ0) is 24.8. The summed E-state index contributed by atoms with van der Waals surface area (Å²) in [7, 11) is 0. The van der Waals surface area contributed by atoms with Crippen LogP contribution >= 0.6 is 0 Å². The fraction of sp³-hybridized carbons (Fsp3) is 1.00. The van der Waals surface area contributed by atoms with Gasteiger partial charge in [-0.2, -0.15) is 0 Å². The Morgan fingerprint density at radius 2 is 0.882 bits per heavy atom. The van der Waals surface area contributed by atoms with Gasteiger partial charge in [0, 0.05) is 0 Å². The summed E-state index contributed by atoms with van der Waals surface area (Å²) in [5, 5.41) is 0. The average Bonchev–Trinajstić information content (AvgIpc) is 2.79. The number of hydrogen-bond donors (Lipinski definition) is 0. The monoisotopic (exact) mass is 489 g/mol. The van der Waals surface area contributed by atoms with Crippen LogP contribution in [0.3, 0.4) is 0 Å². The molecule has 0 fully saturated rings. The predicted molar refractivity (Wildman–Crippen MR) is 152 cm³/mol. The molecule has 0 saturated heterocycles. The summed E-state index contributed by atoms with van der Waals surface area (Å²) in [4.78, 5) is 0. The van der Waals surface area contributed by atoms with Crippen molar-refractivity contribution in [2.75, 3.05) is 46.1 Å². The van der Waals surface area contributed by atoms with E-state index in [9.17, 15) is 0 Å². The van der Waals surface area contributed by atoms with Gasteiger partial charge >= 0.3 is 0 Å². The van der Waals surface area contributed by atoms with Gasteiger partial charge in [0.15, 0.2) is 0 Å². The lowest BCUT2D eigenvalue weighted by Gasteiger charge is -2.47. The maximum atomic E-state index is 6.71. The largest absolute Gasteiger partial charge is 0.329 e. The molecule has 208 valence electrons. The second-order valence-electron chi connectivity index (χ2n) is 9.56. The number of unbranched alkanes of at least 4 members (excludes halogenated alkanes) is 4. The first-order valence-corrected chi connectivity index (χ1v) is 14.4. The van der Waals surface area contributed by atoms with Crippen LogP contribution in [0.1, 0.15) is 126 Å². The van der Waals surface area contributed by atoms with Crippen LogP contribution in [-0.4, -0.2) is 71.2 Å². The molecule has 0 amide bonds. The zero-order valence-electron chi connectivity index (χ0n) is 23.6. The molecule has 0 heterocycles. The highest BCUT2D eigenvalue weighted by Gasteiger charge is 2.45. The van der Waals surface area contributed by atoms with Crippen LogP contribution in [-0.2, 0) is 18.9 Å². The molecule has 0 aliphatic carbocycles. The Labute approximate surface area is 215 Å². The summed E-state index contributed by atoms with van der Waals surface area (Å²) in [6.07, 6.45) is 12.6. The molecular weight excluding hydrogens is 425 g/mol. The zero-order valence-corrected chi connectivity index (χ0v) is 23.6. The van der Waals surface area contributed by atoms with Gasteiger partial charge in [-0.05, 0) is 44.9 Å². The molecule has 0 aromatic rings. The van der Waals surface area contributed by atoms with Crippen LogP contribution in [0, 0.1) is 0 Å². The van der Waals surface area contributed by atoms with E-state index in [0.717, 1.165) is 101 Å². The summed E-state index contributed by atoms with van der Waals surface area (Å²) < 4.78 is 27.2. The quantitative estimate of drug-likeness (QED) is 0.0660. The van der Waals surface area contributed by atoms with Gasteiger partial charge in [-0.15, -0.1) is 0 Å². The summed E-state index contributed by atoms with van der Waals surface area (Å²) in [5.74, 6) is -1.02. The molecule has 0 radical (unpaired) electrons. The van der Waals surface area contributed by atoms with Crippen molar-refractivity contribution < 1.29 is 23.4 Å². The fourth-order valence-corrected chi connectivity index (χ4v) is 4.51. The highest BCUT2D eigenvalue weighted by molar-refractivity contribution is 5.75. The third-order valence-corrected chi connectivity index (χ3v) is 6.31. The van der Waals surface area contributed by atoms with Crippen LogP contribution in [0.4, 0.5) is 0 Å². The molecule has 1 unspecified atom stereocenters. The molecule has 0 aliphatic heterocycles. The highest BCUT2D eigenvalue weighted by atomic mass is 16.9. The Morgan fingerprint density at radius 3 is 1.21 bits per heavy atom. The Balaban J connectivity index is 0. The molecule has 1 atom stereocenters. The van der Waals surface area contributed by atoms with E-state index in [4.69, 9.17) is 18.9 Å². The summed E-state index contributed by atoms with van der Waals surface area (Å²) in [5.41, 5.74) is 0. The van der Waals surface area contributed by atoms with Gasteiger partial charge < -0.3 is 18.9 Å². The van der Waals surface area contributed by atoms with E-state index in [-0.39, 0.29) is 14.6 Å². The molecule has 5 nitrogen and oxygen atoms in total. The molecule has 0 saturated carbocycles. The molecule has 6 heteroatoms. The molecule has 0 N–H and O–H groups in total. The number of nitrogens with zero attached hydrogens (tertiary/aromatic N) is 1. The second kappa shape index (κ2) is 23.3. The SMILES string of the molecule is CCCCOC(CC(OCCCC)(OCCCC)OCCCC)[N+](CCC)(CCC)CCC.[BH4-]. The Hall–Kier alpha value is -0.135. The first kappa shape index (κ1) is 36.0. The van der Waals surface area contributed by atoms with Gasteiger partial charge in [-0.25, -0.2) is 0 Å². The van der Waals surface area contributed by atoms with Crippen molar-refractivity contribution in [3.8, 4) is 0 Å².